The second kappa shape index (κ2) is 5.04. The Morgan fingerprint density at radius 1 is 1.35 bits per heavy atom. The van der Waals surface area contributed by atoms with Gasteiger partial charge in [-0.25, -0.2) is 4.39 Å². The number of methoxy groups -OCH3 is 1. The van der Waals surface area contributed by atoms with Gasteiger partial charge < -0.3 is 4.74 Å². The van der Waals surface area contributed by atoms with Crippen molar-refractivity contribution in [2.24, 2.45) is 0 Å². The maximum Gasteiger partial charge on any atom is 0.178 e. The molecule has 0 saturated heterocycles. The highest BCUT2D eigenvalue weighted by Crippen LogP contribution is 2.36. The fraction of sp³-hybridized carbons (Fsp3) is 0.250. The molecule has 1 aromatic carbocycles. The third-order valence-electron chi connectivity index (χ3n) is 3.72. The lowest BCUT2D eigenvalue weighted by atomic mass is 9.94. The molecule has 0 amide bonds. The zero-order valence-corrected chi connectivity index (χ0v) is 11.1. The molecule has 2 aromatic rings. The summed E-state index contributed by atoms with van der Waals surface area (Å²) in [6, 6.07) is 8.24. The Labute approximate surface area is 116 Å². The van der Waals surface area contributed by atoms with Gasteiger partial charge in [-0.3, -0.25) is 9.78 Å². The van der Waals surface area contributed by atoms with E-state index in [0.717, 1.165) is 17.7 Å². The molecule has 0 fully saturated rings. The minimum absolute atomic E-state index is 0.0264. The Morgan fingerprint density at radius 3 is 3.00 bits per heavy atom. The minimum atomic E-state index is -0.543. The number of carbonyl (C=O) groups excluding carboxylic acids is 1. The standard InChI is InChI=1S/C16H14FNO2/c1-20-13-6-2-5-12(17)14(13)16(19)11-8-7-10-4-3-9-18-15(10)11/h2-6,9,11H,7-8H2,1H3. The molecule has 3 nitrogen and oxygen atoms in total. The number of rotatable bonds is 3. The van der Waals surface area contributed by atoms with Crippen LogP contribution < -0.4 is 4.74 Å². The molecular formula is C16H14FNO2. The number of ketones is 1. The lowest BCUT2D eigenvalue weighted by molar-refractivity contribution is 0.0951. The number of hydrogen-bond acceptors (Lipinski definition) is 3. The van der Waals surface area contributed by atoms with Crippen molar-refractivity contribution < 1.29 is 13.9 Å². The van der Waals surface area contributed by atoms with Crippen molar-refractivity contribution in [3.05, 3.63) is 59.2 Å². The summed E-state index contributed by atoms with van der Waals surface area (Å²) in [5.41, 5.74) is 1.86. The van der Waals surface area contributed by atoms with Crippen LogP contribution in [0.15, 0.2) is 36.5 Å². The van der Waals surface area contributed by atoms with E-state index >= 15 is 0 Å². The van der Waals surface area contributed by atoms with Crippen LogP contribution in [0.5, 0.6) is 5.75 Å². The van der Waals surface area contributed by atoms with Gasteiger partial charge in [0.05, 0.1) is 24.3 Å². The van der Waals surface area contributed by atoms with Crippen LogP contribution in [0.3, 0.4) is 0 Å². The van der Waals surface area contributed by atoms with E-state index in [2.05, 4.69) is 4.98 Å². The van der Waals surface area contributed by atoms with E-state index in [0.29, 0.717) is 6.42 Å². The number of pyridine rings is 1. The fourth-order valence-corrected chi connectivity index (χ4v) is 2.76. The maximum absolute atomic E-state index is 14.0. The third-order valence-corrected chi connectivity index (χ3v) is 3.72. The molecule has 0 aliphatic heterocycles. The molecule has 1 aromatic heterocycles. The number of nitrogens with zero attached hydrogens (tertiary/aromatic N) is 1. The first-order valence-corrected chi connectivity index (χ1v) is 6.53. The summed E-state index contributed by atoms with van der Waals surface area (Å²) in [7, 11) is 1.44. The van der Waals surface area contributed by atoms with Crippen LogP contribution in [0.2, 0.25) is 0 Å². The van der Waals surface area contributed by atoms with Gasteiger partial charge in [-0.15, -0.1) is 0 Å². The molecule has 20 heavy (non-hydrogen) atoms. The second-order valence-corrected chi connectivity index (χ2v) is 4.82. The van der Waals surface area contributed by atoms with E-state index in [1.165, 1.54) is 19.2 Å². The van der Waals surface area contributed by atoms with Crippen LogP contribution in [0.1, 0.15) is 34.0 Å². The highest BCUT2D eigenvalue weighted by atomic mass is 19.1. The first-order valence-electron chi connectivity index (χ1n) is 6.53. The van der Waals surface area contributed by atoms with Crippen LogP contribution in [-0.4, -0.2) is 17.9 Å². The Hall–Kier alpha value is -2.23. The van der Waals surface area contributed by atoms with E-state index < -0.39 is 5.82 Å². The van der Waals surface area contributed by atoms with Crippen molar-refractivity contribution in [3.8, 4) is 5.75 Å². The van der Waals surface area contributed by atoms with E-state index in [4.69, 9.17) is 4.74 Å². The van der Waals surface area contributed by atoms with Crippen LogP contribution >= 0.6 is 0 Å². The van der Waals surface area contributed by atoms with E-state index in [-0.39, 0.29) is 23.0 Å². The van der Waals surface area contributed by atoms with E-state index in [1.54, 1.807) is 12.3 Å². The monoisotopic (exact) mass is 271 g/mol. The smallest absolute Gasteiger partial charge is 0.178 e. The molecule has 0 saturated carbocycles. The quantitative estimate of drug-likeness (QED) is 0.805. The topological polar surface area (TPSA) is 39.2 Å². The first kappa shape index (κ1) is 12.8. The summed E-state index contributed by atoms with van der Waals surface area (Å²) < 4.78 is 19.1. The van der Waals surface area contributed by atoms with Gasteiger partial charge in [0.2, 0.25) is 0 Å². The van der Waals surface area contributed by atoms with Gasteiger partial charge in [-0.1, -0.05) is 12.1 Å². The van der Waals surface area contributed by atoms with Gasteiger partial charge in [0.1, 0.15) is 11.6 Å². The molecule has 1 aliphatic rings. The lowest BCUT2D eigenvalue weighted by Crippen LogP contribution is -2.14. The van der Waals surface area contributed by atoms with Crippen LogP contribution in [0, 0.1) is 5.82 Å². The zero-order chi connectivity index (χ0) is 14.1. The zero-order valence-electron chi connectivity index (χ0n) is 11.1. The highest BCUT2D eigenvalue weighted by Gasteiger charge is 2.33. The molecule has 0 N–H and O–H groups in total. The molecule has 4 heteroatoms. The second-order valence-electron chi connectivity index (χ2n) is 4.82. The first-order chi connectivity index (χ1) is 9.72. The average Bonchev–Trinajstić information content (AvgIpc) is 2.90. The minimum Gasteiger partial charge on any atom is -0.496 e. The summed E-state index contributed by atoms with van der Waals surface area (Å²) >= 11 is 0. The van der Waals surface area contributed by atoms with Gasteiger partial charge in [0.15, 0.2) is 5.78 Å². The predicted octanol–water partition coefficient (Wildman–Crippen LogP) is 3.14. The predicted molar refractivity (Wildman–Crippen MR) is 72.6 cm³/mol. The molecule has 1 heterocycles. The summed E-state index contributed by atoms with van der Waals surface area (Å²) in [5, 5.41) is 0. The number of benzene rings is 1. The van der Waals surface area contributed by atoms with Crippen molar-refractivity contribution in [2.75, 3.05) is 7.11 Å². The molecule has 102 valence electrons. The number of carbonyl (C=O) groups is 1. The van der Waals surface area contributed by atoms with Gasteiger partial charge in [0.25, 0.3) is 0 Å². The Bertz CT molecular complexity index is 669. The molecule has 0 spiro atoms. The van der Waals surface area contributed by atoms with E-state index in [9.17, 15) is 9.18 Å². The average molecular weight is 271 g/mol. The highest BCUT2D eigenvalue weighted by molar-refractivity contribution is 6.03. The summed E-state index contributed by atoms with van der Waals surface area (Å²) in [6.07, 6.45) is 3.14. The number of ether oxygens (including phenoxy) is 1. The van der Waals surface area contributed by atoms with Crippen LogP contribution in [0.4, 0.5) is 4.39 Å². The number of fused-ring (bicyclic) bond motifs is 1. The van der Waals surface area contributed by atoms with Crippen molar-refractivity contribution in [3.63, 3.8) is 0 Å². The number of aryl methyl sites for hydroxylation is 1. The van der Waals surface area contributed by atoms with Gasteiger partial charge in [-0.05, 0) is 36.6 Å². The number of aromatic nitrogens is 1. The van der Waals surface area contributed by atoms with Gasteiger partial charge in [0, 0.05) is 6.20 Å². The summed E-state index contributed by atoms with van der Waals surface area (Å²) in [6.45, 7) is 0. The molecule has 1 aliphatic carbocycles. The van der Waals surface area contributed by atoms with Crippen molar-refractivity contribution in [2.45, 2.75) is 18.8 Å². The summed E-state index contributed by atoms with van der Waals surface area (Å²) in [4.78, 5) is 16.9. The number of halogens is 1. The molecule has 0 bridgehead atoms. The van der Waals surface area contributed by atoms with Gasteiger partial charge >= 0.3 is 0 Å². The molecule has 1 unspecified atom stereocenters. The molecule has 0 radical (unpaired) electrons. The molecular weight excluding hydrogens is 257 g/mol. The normalized spacial score (nSPS) is 16.8. The maximum atomic E-state index is 14.0. The molecule has 1 atom stereocenters. The Morgan fingerprint density at radius 2 is 2.20 bits per heavy atom. The Balaban J connectivity index is 2.03. The molecule has 3 rings (SSSR count). The van der Waals surface area contributed by atoms with Crippen LogP contribution in [0.25, 0.3) is 0 Å². The largest absolute Gasteiger partial charge is 0.496 e. The number of hydrogen-bond donors (Lipinski definition) is 0. The van der Waals surface area contributed by atoms with Crippen molar-refractivity contribution in [1.82, 2.24) is 4.98 Å². The van der Waals surface area contributed by atoms with E-state index in [1.807, 2.05) is 12.1 Å². The third kappa shape index (κ3) is 1.97. The van der Waals surface area contributed by atoms with Crippen molar-refractivity contribution >= 4 is 5.78 Å². The van der Waals surface area contributed by atoms with Crippen molar-refractivity contribution in [1.29, 1.82) is 0 Å². The number of Topliss-reactive ketones (excluding diaryl/α,β-unsaturated/α-hetero) is 1. The lowest BCUT2D eigenvalue weighted by Gasteiger charge is -2.13. The van der Waals surface area contributed by atoms with Crippen LogP contribution in [-0.2, 0) is 6.42 Å². The Kier molecular flexibility index (Phi) is 3.22. The SMILES string of the molecule is COc1cccc(F)c1C(=O)C1CCc2cccnc21. The fourth-order valence-electron chi connectivity index (χ4n) is 2.76. The van der Waals surface area contributed by atoms with Gasteiger partial charge in [-0.2, -0.15) is 0 Å². The summed E-state index contributed by atoms with van der Waals surface area (Å²) in [5.74, 6) is -0.896.